The molecule has 18 heavy (non-hydrogen) atoms. The fourth-order valence-corrected chi connectivity index (χ4v) is 3.38. The van der Waals surface area contributed by atoms with Crippen LogP contribution in [0.15, 0.2) is 18.2 Å². The summed E-state index contributed by atoms with van der Waals surface area (Å²) in [7, 11) is 0. The molecule has 1 aliphatic heterocycles. The first-order valence-corrected chi connectivity index (χ1v) is 6.98. The van der Waals surface area contributed by atoms with Crippen molar-refractivity contribution in [1.82, 2.24) is 10.6 Å². The molecule has 0 unspecified atom stereocenters. The van der Waals surface area contributed by atoms with Crippen LogP contribution in [0, 0.1) is 10.8 Å². The molecular formula is C16H24N2. The maximum Gasteiger partial charge on any atom is 0.0212 e. The Hall–Kier alpha value is -0.860. The Labute approximate surface area is 110 Å². The van der Waals surface area contributed by atoms with Gasteiger partial charge in [0.25, 0.3) is 0 Å². The molecule has 0 bridgehead atoms. The zero-order valence-corrected chi connectivity index (χ0v) is 11.9. The summed E-state index contributed by atoms with van der Waals surface area (Å²) in [5, 5.41) is 7.12. The van der Waals surface area contributed by atoms with E-state index in [1.807, 2.05) is 0 Å². The van der Waals surface area contributed by atoms with Crippen molar-refractivity contribution in [3.63, 3.8) is 0 Å². The van der Waals surface area contributed by atoms with Crippen molar-refractivity contribution >= 4 is 0 Å². The monoisotopic (exact) mass is 244 g/mol. The highest BCUT2D eigenvalue weighted by atomic mass is 15.0. The molecular weight excluding hydrogens is 220 g/mol. The van der Waals surface area contributed by atoms with Gasteiger partial charge in [-0.05, 0) is 27.5 Å². The van der Waals surface area contributed by atoms with Crippen LogP contribution in [0.1, 0.15) is 44.4 Å². The van der Waals surface area contributed by atoms with Crippen molar-refractivity contribution in [2.24, 2.45) is 10.8 Å². The third-order valence-corrected chi connectivity index (χ3v) is 5.43. The van der Waals surface area contributed by atoms with Gasteiger partial charge in [-0.1, -0.05) is 45.9 Å². The zero-order valence-electron chi connectivity index (χ0n) is 11.9. The fourth-order valence-electron chi connectivity index (χ4n) is 3.38. The molecule has 0 radical (unpaired) electrons. The Morgan fingerprint density at radius 1 is 1.11 bits per heavy atom. The standard InChI is InChI=1S/C16H24N2/c1-15(2)14(16(15,3)4)18-8-11-5-6-12-9-17-10-13(12)7-11/h5-7,14,17-18H,8-10H2,1-4H3. The quantitative estimate of drug-likeness (QED) is 0.854. The van der Waals surface area contributed by atoms with Crippen molar-refractivity contribution in [2.45, 2.75) is 53.4 Å². The normalized spacial score (nSPS) is 24.0. The van der Waals surface area contributed by atoms with Crippen LogP contribution in [0.2, 0.25) is 0 Å². The van der Waals surface area contributed by atoms with E-state index >= 15 is 0 Å². The summed E-state index contributed by atoms with van der Waals surface area (Å²) in [5.74, 6) is 0. The first-order chi connectivity index (χ1) is 8.43. The molecule has 2 aliphatic rings. The van der Waals surface area contributed by atoms with Crippen LogP contribution in [0.5, 0.6) is 0 Å². The van der Waals surface area contributed by atoms with Crippen LogP contribution in [-0.2, 0) is 19.6 Å². The molecule has 0 atom stereocenters. The van der Waals surface area contributed by atoms with Crippen molar-refractivity contribution < 1.29 is 0 Å². The number of hydrogen-bond acceptors (Lipinski definition) is 2. The van der Waals surface area contributed by atoms with Gasteiger partial charge in [0.05, 0.1) is 0 Å². The molecule has 3 rings (SSSR count). The largest absolute Gasteiger partial charge is 0.309 e. The zero-order chi connectivity index (χ0) is 13.0. The van der Waals surface area contributed by atoms with E-state index in [1.54, 1.807) is 0 Å². The second kappa shape index (κ2) is 3.82. The van der Waals surface area contributed by atoms with Gasteiger partial charge in [-0.15, -0.1) is 0 Å². The molecule has 0 saturated heterocycles. The van der Waals surface area contributed by atoms with Gasteiger partial charge in [0, 0.05) is 25.7 Å². The minimum Gasteiger partial charge on any atom is -0.309 e. The molecule has 1 aromatic carbocycles. The predicted octanol–water partition coefficient (Wildman–Crippen LogP) is 2.81. The second-order valence-electron chi connectivity index (χ2n) is 6.96. The molecule has 1 aromatic rings. The third kappa shape index (κ3) is 1.70. The van der Waals surface area contributed by atoms with E-state index in [-0.39, 0.29) is 0 Å². The minimum absolute atomic E-state index is 0.422. The lowest BCUT2D eigenvalue weighted by Crippen LogP contribution is -2.21. The Kier molecular flexibility index (Phi) is 2.58. The Bertz CT molecular complexity index is 460. The maximum atomic E-state index is 3.72. The van der Waals surface area contributed by atoms with Gasteiger partial charge >= 0.3 is 0 Å². The van der Waals surface area contributed by atoms with E-state index in [0.29, 0.717) is 16.9 Å². The van der Waals surface area contributed by atoms with E-state index < -0.39 is 0 Å². The number of nitrogens with one attached hydrogen (secondary N) is 2. The molecule has 0 amide bonds. The van der Waals surface area contributed by atoms with Gasteiger partial charge in [-0.25, -0.2) is 0 Å². The number of benzene rings is 1. The molecule has 98 valence electrons. The first kappa shape index (κ1) is 12.2. The van der Waals surface area contributed by atoms with E-state index in [9.17, 15) is 0 Å². The molecule has 2 nitrogen and oxygen atoms in total. The molecule has 1 saturated carbocycles. The molecule has 0 aromatic heterocycles. The average molecular weight is 244 g/mol. The highest BCUT2D eigenvalue weighted by molar-refractivity contribution is 5.34. The lowest BCUT2D eigenvalue weighted by atomic mass is 10.0. The smallest absolute Gasteiger partial charge is 0.0212 e. The second-order valence-corrected chi connectivity index (χ2v) is 6.96. The van der Waals surface area contributed by atoms with Gasteiger partial charge in [-0.2, -0.15) is 0 Å². The van der Waals surface area contributed by atoms with Crippen molar-refractivity contribution in [3.8, 4) is 0 Å². The van der Waals surface area contributed by atoms with Crippen LogP contribution in [0.3, 0.4) is 0 Å². The van der Waals surface area contributed by atoms with Gasteiger partial charge in [-0.3, -0.25) is 0 Å². The number of hydrogen-bond donors (Lipinski definition) is 2. The predicted molar refractivity (Wildman–Crippen MR) is 75.2 cm³/mol. The van der Waals surface area contributed by atoms with Crippen LogP contribution < -0.4 is 10.6 Å². The summed E-state index contributed by atoms with van der Waals surface area (Å²) >= 11 is 0. The average Bonchev–Trinajstić information content (AvgIpc) is 2.70. The summed E-state index contributed by atoms with van der Waals surface area (Å²) in [6.45, 7) is 12.5. The van der Waals surface area contributed by atoms with Crippen LogP contribution in [0.25, 0.3) is 0 Å². The Morgan fingerprint density at radius 3 is 2.44 bits per heavy atom. The summed E-state index contributed by atoms with van der Waals surface area (Å²) in [6, 6.07) is 7.53. The molecule has 1 heterocycles. The van der Waals surface area contributed by atoms with Gasteiger partial charge in [0.2, 0.25) is 0 Å². The van der Waals surface area contributed by atoms with Crippen LogP contribution in [-0.4, -0.2) is 6.04 Å². The topological polar surface area (TPSA) is 24.1 Å². The highest BCUT2D eigenvalue weighted by Crippen LogP contribution is 2.62. The highest BCUT2D eigenvalue weighted by Gasteiger charge is 2.64. The van der Waals surface area contributed by atoms with E-state index in [0.717, 1.165) is 19.6 Å². The molecule has 2 N–H and O–H groups in total. The van der Waals surface area contributed by atoms with Crippen LogP contribution >= 0.6 is 0 Å². The summed E-state index contributed by atoms with van der Waals surface area (Å²) in [5.41, 5.74) is 5.20. The number of rotatable bonds is 3. The fraction of sp³-hybridized carbons (Fsp3) is 0.625. The van der Waals surface area contributed by atoms with E-state index in [2.05, 4.69) is 56.5 Å². The molecule has 1 aliphatic carbocycles. The molecule has 2 heteroatoms. The maximum absolute atomic E-state index is 3.72. The Balaban J connectivity index is 1.65. The lowest BCUT2D eigenvalue weighted by molar-refractivity contribution is 0.457. The van der Waals surface area contributed by atoms with Gasteiger partial charge in [0.1, 0.15) is 0 Å². The lowest BCUT2D eigenvalue weighted by Gasteiger charge is -2.08. The van der Waals surface area contributed by atoms with Gasteiger partial charge < -0.3 is 10.6 Å². The summed E-state index contributed by atoms with van der Waals surface area (Å²) < 4.78 is 0. The van der Waals surface area contributed by atoms with Crippen molar-refractivity contribution in [2.75, 3.05) is 0 Å². The Morgan fingerprint density at radius 2 is 1.78 bits per heavy atom. The summed E-state index contributed by atoms with van der Waals surface area (Å²) in [4.78, 5) is 0. The van der Waals surface area contributed by atoms with Crippen molar-refractivity contribution in [1.29, 1.82) is 0 Å². The van der Waals surface area contributed by atoms with Crippen molar-refractivity contribution in [3.05, 3.63) is 34.9 Å². The molecule has 0 spiro atoms. The minimum atomic E-state index is 0.422. The number of fused-ring (bicyclic) bond motifs is 1. The van der Waals surface area contributed by atoms with Gasteiger partial charge in [0.15, 0.2) is 0 Å². The summed E-state index contributed by atoms with van der Waals surface area (Å²) in [6.07, 6.45) is 0. The molecule has 1 fully saturated rings. The first-order valence-electron chi connectivity index (χ1n) is 6.98. The third-order valence-electron chi connectivity index (χ3n) is 5.43. The SMILES string of the molecule is CC1(C)C(NCc2ccc3c(c2)CNC3)C1(C)C. The van der Waals surface area contributed by atoms with E-state index in [1.165, 1.54) is 16.7 Å². The van der Waals surface area contributed by atoms with E-state index in [4.69, 9.17) is 0 Å². The van der Waals surface area contributed by atoms with Crippen LogP contribution in [0.4, 0.5) is 0 Å².